The van der Waals surface area contributed by atoms with Crippen LogP contribution in [0.4, 0.5) is 0 Å². The molecule has 0 bridgehead atoms. The number of fused-ring (bicyclic) bond motifs is 1. The van der Waals surface area contributed by atoms with E-state index < -0.39 is 0 Å². The van der Waals surface area contributed by atoms with E-state index in [1.165, 1.54) is 5.56 Å². The third kappa shape index (κ3) is 2.18. The maximum absolute atomic E-state index is 5.91. The van der Waals surface area contributed by atoms with Gasteiger partial charge in [-0.05, 0) is 25.0 Å². The van der Waals surface area contributed by atoms with Crippen LogP contribution in [0.15, 0.2) is 24.5 Å². The van der Waals surface area contributed by atoms with Crippen molar-refractivity contribution in [3.05, 3.63) is 35.8 Å². The van der Waals surface area contributed by atoms with Gasteiger partial charge in [0, 0.05) is 38.1 Å². The molecule has 0 aromatic carbocycles. The first-order valence-corrected chi connectivity index (χ1v) is 6.13. The van der Waals surface area contributed by atoms with Crippen LogP contribution in [0.25, 0.3) is 5.65 Å². The van der Waals surface area contributed by atoms with Crippen LogP contribution in [-0.2, 0) is 6.54 Å². The zero-order valence-corrected chi connectivity index (χ0v) is 10.1. The van der Waals surface area contributed by atoms with Crippen molar-refractivity contribution < 1.29 is 0 Å². The normalized spacial score (nSPS) is 21.4. The van der Waals surface area contributed by atoms with E-state index in [-0.39, 0.29) is 0 Å². The molecule has 1 saturated heterocycles. The highest BCUT2D eigenvalue weighted by Crippen LogP contribution is 2.13. The fraction of sp³-hybridized carbons (Fsp3) is 0.462. The summed E-state index contributed by atoms with van der Waals surface area (Å²) in [5.74, 6) is 0. The first-order valence-electron chi connectivity index (χ1n) is 6.13. The molecule has 3 heterocycles. The van der Waals surface area contributed by atoms with Crippen molar-refractivity contribution in [3.63, 3.8) is 0 Å². The van der Waals surface area contributed by atoms with Crippen molar-refractivity contribution in [2.24, 2.45) is 5.73 Å². The highest BCUT2D eigenvalue weighted by Gasteiger charge is 2.19. The average molecular weight is 230 g/mol. The van der Waals surface area contributed by atoms with E-state index in [4.69, 9.17) is 5.73 Å². The van der Waals surface area contributed by atoms with E-state index in [0.29, 0.717) is 6.04 Å². The number of nitrogens with zero attached hydrogens (tertiary/aromatic N) is 3. The summed E-state index contributed by atoms with van der Waals surface area (Å²) >= 11 is 0. The van der Waals surface area contributed by atoms with Gasteiger partial charge in [-0.25, -0.2) is 4.98 Å². The smallest absolute Gasteiger partial charge is 0.137 e. The van der Waals surface area contributed by atoms with Crippen LogP contribution < -0.4 is 5.73 Å². The van der Waals surface area contributed by atoms with Crippen LogP contribution in [0.1, 0.15) is 17.7 Å². The summed E-state index contributed by atoms with van der Waals surface area (Å²) in [7, 11) is 0. The Morgan fingerprint density at radius 3 is 3.06 bits per heavy atom. The van der Waals surface area contributed by atoms with E-state index in [1.54, 1.807) is 0 Å². The third-order valence-corrected chi connectivity index (χ3v) is 3.34. The average Bonchev–Trinajstić information content (AvgIpc) is 2.84. The third-order valence-electron chi connectivity index (χ3n) is 3.34. The van der Waals surface area contributed by atoms with Crippen LogP contribution in [0.2, 0.25) is 0 Å². The minimum atomic E-state index is 0.342. The fourth-order valence-electron chi connectivity index (χ4n) is 2.47. The second kappa shape index (κ2) is 4.13. The summed E-state index contributed by atoms with van der Waals surface area (Å²) in [4.78, 5) is 7.00. The predicted octanol–water partition coefficient (Wildman–Crippen LogP) is 1.18. The molecule has 1 fully saturated rings. The number of nitrogens with two attached hydrogens (primary N) is 1. The lowest BCUT2D eigenvalue weighted by molar-refractivity contribution is 0.323. The minimum absolute atomic E-state index is 0.342. The zero-order chi connectivity index (χ0) is 11.8. The van der Waals surface area contributed by atoms with Gasteiger partial charge in [-0.1, -0.05) is 6.07 Å². The minimum Gasteiger partial charge on any atom is -0.326 e. The van der Waals surface area contributed by atoms with Crippen molar-refractivity contribution in [3.8, 4) is 0 Å². The molecule has 1 aliphatic heterocycles. The maximum atomic E-state index is 5.91. The Labute approximate surface area is 101 Å². The predicted molar refractivity (Wildman–Crippen MR) is 67.8 cm³/mol. The molecular weight excluding hydrogens is 212 g/mol. The van der Waals surface area contributed by atoms with Crippen LogP contribution in [-0.4, -0.2) is 33.4 Å². The molecule has 1 atom stereocenters. The first kappa shape index (κ1) is 10.7. The molecule has 4 heteroatoms. The largest absolute Gasteiger partial charge is 0.326 e. The highest BCUT2D eigenvalue weighted by atomic mass is 15.2. The molecule has 17 heavy (non-hydrogen) atoms. The van der Waals surface area contributed by atoms with Crippen LogP contribution in [0, 0.1) is 6.92 Å². The second-order valence-corrected chi connectivity index (χ2v) is 4.99. The molecule has 2 aromatic rings. The Morgan fingerprint density at radius 1 is 1.41 bits per heavy atom. The van der Waals surface area contributed by atoms with Crippen molar-refractivity contribution in [1.82, 2.24) is 14.3 Å². The molecule has 1 unspecified atom stereocenters. The Hall–Kier alpha value is -1.39. The molecule has 1 aliphatic rings. The molecule has 0 spiro atoms. The van der Waals surface area contributed by atoms with Gasteiger partial charge in [-0.2, -0.15) is 0 Å². The molecule has 0 aliphatic carbocycles. The molecule has 90 valence electrons. The van der Waals surface area contributed by atoms with E-state index in [0.717, 1.165) is 37.4 Å². The quantitative estimate of drug-likeness (QED) is 0.842. The van der Waals surface area contributed by atoms with Gasteiger partial charge in [0.05, 0.1) is 5.69 Å². The van der Waals surface area contributed by atoms with Gasteiger partial charge in [0.2, 0.25) is 0 Å². The molecular formula is C13H18N4. The number of imidazole rings is 1. The van der Waals surface area contributed by atoms with E-state index >= 15 is 0 Å². The zero-order valence-electron chi connectivity index (χ0n) is 10.1. The Kier molecular flexibility index (Phi) is 2.61. The number of hydrogen-bond donors (Lipinski definition) is 1. The number of likely N-dealkylation sites (tertiary alicyclic amines) is 1. The highest BCUT2D eigenvalue weighted by molar-refractivity contribution is 5.41. The Balaban J connectivity index is 1.81. The van der Waals surface area contributed by atoms with Gasteiger partial charge in [-0.15, -0.1) is 0 Å². The van der Waals surface area contributed by atoms with Crippen molar-refractivity contribution in [2.75, 3.05) is 13.1 Å². The lowest BCUT2D eigenvalue weighted by Gasteiger charge is -2.12. The number of aryl methyl sites for hydroxylation is 1. The number of aromatic nitrogens is 2. The van der Waals surface area contributed by atoms with E-state index in [2.05, 4.69) is 45.7 Å². The lowest BCUT2D eigenvalue weighted by atomic mass is 10.3. The van der Waals surface area contributed by atoms with Crippen LogP contribution >= 0.6 is 0 Å². The van der Waals surface area contributed by atoms with E-state index in [9.17, 15) is 0 Å². The summed E-state index contributed by atoms with van der Waals surface area (Å²) < 4.78 is 2.10. The van der Waals surface area contributed by atoms with Gasteiger partial charge in [0.1, 0.15) is 5.65 Å². The molecule has 4 nitrogen and oxygen atoms in total. The van der Waals surface area contributed by atoms with Crippen LogP contribution in [0.3, 0.4) is 0 Å². The number of pyridine rings is 1. The standard InChI is InChI=1S/C13H18N4/c1-10-2-3-13-15-12(9-17(13)6-10)8-16-5-4-11(14)7-16/h2-3,6,9,11H,4-5,7-8,14H2,1H3. The Bertz CT molecular complexity index is 531. The van der Waals surface area contributed by atoms with Gasteiger partial charge in [-0.3, -0.25) is 4.90 Å². The topological polar surface area (TPSA) is 46.6 Å². The van der Waals surface area contributed by atoms with E-state index in [1.807, 2.05) is 0 Å². The van der Waals surface area contributed by atoms with Crippen molar-refractivity contribution in [1.29, 1.82) is 0 Å². The molecule has 0 saturated carbocycles. The maximum Gasteiger partial charge on any atom is 0.137 e. The second-order valence-electron chi connectivity index (χ2n) is 4.99. The SMILES string of the molecule is Cc1ccc2nc(CN3CCC(N)C3)cn2c1. The van der Waals surface area contributed by atoms with Gasteiger partial charge in [0.15, 0.2) is 0 Å². The summed E-state index contributed by atoms with van der Waals surface area (Å²) in [5.41, 5.74) is 9.31. The molecule has 3 rings (SSSR count). The molecule has 2 aromatic heterocycles. The first-order chi connectivity index (χ1) is 8.20. The summed E-state index contributed by atoms with van der Waals surface area (Å²) in [6.07, 6.45) is 5.33. The lowest BCUT2D eigenvalue weighted by Crippen LogP contribution is -2.26. The number of hydrogen-bond acceptors (Lipinski definition) is 3. The van der Waals surface area contributed by atoms with Gasteiger partial charge >= 0.3 is 0 Å². The monoisotopic (exact) mass is 230 g/mol. The van der Waals surface area contributed by atoms with Crippen LogP contribution in [0.5, 0.6) is 0 Å². The fourth-order valence-corrected chi connectivity index (χ4v) is 2.47. The summed E-state index contributed by atoms with van der Waals surface area (Å²) in [5, 5.41) is 0. The molecule has 0 amide bonds. The van der Waals surface area contributed by atoms with Crippen molar-refractivity contribution >= 4 is 5.65 Å². The summed E-state index contributed by atoms with van der Waals surface area (Å²) in [6, 6.07) is 4.50. The molecule has 0 radical (unpaired) electrons. The molecule has 2 N–H and O–H groups in total. The Morgan fingerprint density at radius 2 is 2.29 bits per heavy atom. The van der Waals surface area contributed by atoms with Crippen molar-refractivity contribution in [2.45, 2.75) is 25.9 Å². The number of rotatable bonds is 2. The summed E-state index contributed by atoms with van der Waals surface area (Å²) in [6.45, 7) is 5.09. The van der Waals surface area contributed by atoms with Gasteiger partial charge < -0.3 is 10.1 Å². The van der Waals surface area contributed by atoms with Gasteiger partial charge in [0.25, 0.3) is 0 Å².